The van der Waals surface area contributed by atoms with Crippen LogP contribution in [0.25, 0.3) is 0 Å². The lowest BCUT2D eigenvalue weighted by atomic mass is 10.2. The third kappa shape index (κ3) is 6.54. The van der Waals surface area contributed by atoms with Crippen molar-refractivity contribution >= 4 is 28.3 Å². The Balaban J connectivity index is 0.00000338. The molecule has 1 aliphatic rings. The summed E-state index contributed by atoms with van der Waals surface area (Å²) in [4.78, 5) is 12.3. The number of hydrogen-bond acceptors (Lipinski definition) is 4. The lowest BCUT2D eigenvalue weighted by Crippen LogP contribution is -2.32. The molecule has 2 rings (SSSR count). The Labute approximate surface area is 163 Å². The zero-order valence-corrected chi connectivity index (χ0v) is 17.0. The van der Waals surface area contributed by atoms with Crippen LogP contribution in [-0.4, -0.2) is 51.4 Å². The van der Waals surface area contributed by atoms with Crippen molar-refractivity contribution < 1.29 is 13.2 Å². The molecule has 1 fully saturated rings. The predicted octanol–water partition coefficient (Wildman–Crippen LogP) is 2.40. The summed E-state index contributed by atoms with van der Waals surface area (Å²) >= 11 is 0. The van der Waals surface area contributed by atoms with Crippen molar-refractivity contribution in [3.63, 3.8) is 0 Å². The van der Waals surface area contributed by atoms with E-state index in [-0.39, 0.29) is 23.2 Å². The van der Waals surface area contributed by atoms with Crippen molar-refractivity contribution in [1.29, 1.82) is 0 Å². The van der Waals surface area contributed by atoms with Gasteiger partial charge < -0.3 is 10.6 Å². The van der Waals surface area contributed by atoms with E-state index >= 15 is 0 Å². The summed E-state index contributed by atoms with van der Waals surface area (Å²) in [6.45, 7) is 5.45. The maximum atomic E-state index is 12.7. The van der Waals surface area contributed by atoms with E-state index in [4.69, 9.17) is 0 Å². The SMILES string of the molecule is CCCNCCNC(=O)c1ccc(S(=O)(=O)N2CCCCCC2)cc1.Cl. The van der Waals surface area contributed by atoms with E-state index < -0.39 is 10.0 Å². The third-order valence-electron chi connectivity index (χ3n) is 4.33. The molecular weight excluding hydrogens is 374 g/mol. The molecule has 8 heteroatoms. The summed E-state index contributed by atoms with van der Waals surface area (Å²) in [5, 5.41) is 6.04. The summed E-state index contributed by atoms with van der Waals surface area (Å²) in [5.41, 5.74) is 0.477. The Hall–Kier alpha value is -1.15. The Kier molecular flexibility index (Phi) is 10.2. The first-order valence-corrected chi connectivity index (χ1v) is 10.6. The summed E-state index contributed by atoms with van der Waals surface area (Å²) in [7, 11) is -3.46. The highest BCUT2D eigenvalue weighted by atomic mass is 35.5. The van der Waals surface area contributed by atoms with Crippen LogP contribution >= 0.6 is 12.4 Å². The van der Waals surface area contributed by atoms with Gasteiger partial charge in [0.15, 0.2) is 0 Å². The van der Waals surface area contributed by atoms with Gasteiger partial charge in [-0.05, 0) is 50.1 Å². The molecule has 6 nitrogen and oxygen atoms in total. The van der Waals surface area contributed by atoms with Crippen molar-refractivity contribution in [2.24, 2.45) is 0 Å². The zero-order valence-electron chi connectivity index (χ0n) is 15.4. The van der Waals surface area contributed by atoms with Crippen LogP contribution in [-0.2, 0) is 10.0 Å². The second kappa shape index (κ2) is 11.5. The summed E-state index contributed by atoms with van der Waals surface area (Å²) in [6, 6.07) is 6.23. The Morgan fingerprint density at radius 1 is 1.00 bits per heavy atom. The number of nitrogens with one attached hydrogen (secondary N) is 2. The van der Waals surface area contributed by atoms with Gasteiger partial charge in [0.05, 0.1) is 4.90 Å². The van der Waals surface area contributed by atoms with Gasteiger partial charge in [-0.25, -0.2) is 8.42 Å². The van der Waals surface area contributed by atoms with Crippen molar-refractivity contribution in [3.05, 3.63) is 29.8 Å². The molecule has 0 radical (unpaired) electrons. The Morgan fingerprint density at radius 2 is 1.62 bits per heavy atom. The van der Waals surface area contributed by atoms with E-state index in [0.29, 0.717) is 25.2 Å². The van der Waals surface area contributed by atoms with E-state index in [1.807, 2.05) is 0 Å². The highest BCUT2D eigenvalue weighted by Crippen LogP contribution is 2.20. The van der Waals surface area contributed by atoms with Gasteiger partial charge >= 0.3 is 0 Å². The van der Waals surface area contributed by atoms with Crippen LogP contribution in [0.1, 0.15) is 49.4 Å². The van der Waals surface area contributed by atoms with E-state index in [2.05, 4.69) is 17.6 Å². The van der Waals surface area contributed by atoms with Crippen LogP contribution in [0.2, 0.25) is 0 Å². The molecule has 0 saturated carbocycles. The third-order valence-corrected chi connectivity index (χ3v) is 6.25. The van der Waals surface area contributed by atoms with Gasteiger partial charge in [0.2, 0.25) is 10.0 Å². The number of nitrogens with zero attached hydrogens (tertiary/aromatic N) is 1. The molecule has 0 spiro atoms. The van der Waals surface area contributed by atoms with Crippen LogP contribution in [0.4, 0.5) is 0 Å². The molecule has 1 heterocycles. The van der Waals surface area contributed by atoms with Gasteiger partial charge in [-0.2, -0.15) is 4.31 Å². The van der Waals surface area contributed by atoms with Crippen molar-refractivity contribution in [1.82, 2.24) is 14.9 Å². The summed E-state index contributed by atoms with van der Waals surface area (Å²) in [5.74, 6) is -0.183. The first kappa shape index (κ1) is 22.9. The fraction of sp³-hybridized carbons (Fsp3) is 0.611. The quantitative estimate of drug-likeness (QED) is 0.653. The number of sulfonamides is 1. The van der Waals surface area contributed by atoms with Gasteiger partial charge in [0.25, 0.3) is 5.91 Å². The van der Waals surface area contributed by atoms with Gasteiger partial charge in [-0.1, -0.05) is 19.8 Å². The minimum absolute atomic E-state index is 0. The van der Waals surface area contributed by atoms with Gasteiger partial charge in [-0.3, -0.25) is 4.79 Å². The molecule has 0 aromatic heterocycles. The number of benzene rings is 1. The minimum atomic E-state index is -3.46. The molecule has 26 heavy (non-hydrogen) atoms. The normalized spacial score (nSPS) is 15.7. The molecule has 0 atom stereocenters. The number of rotatable bonds is 8. The first-order chi connectivity index (χ1) is 12.1. The molecule has 1 amide bonds. The van der Waals surface area contributed by atoms with Crippen molar-refractivity contribution in [2.75, 3.05) is 32.7 Å². The molecule has 1 aromatic carbocycles. The minimum Gasteiger partial charge on any atom is -0.351 e. The molecule has 0 unspecified atom stereocenters. The second-order valence-corrected chi connectivity index (χ2v) is 8.29. The summed E-state index contributed by atoms with van der Waals surface area (Å²) in [6.07, 6.45) is 5.04. The highest BCUT2D eigenvalue weighted by Gasteiger charge is 2.25. The monoisotopic (exact) mass is 403 g/mol. The van der Waals surface area contributed by atoms with E-state index in [1.165, 1.54) is 12.1 Å². The zero-order chi connectivity index (χ0) is 18.1. The average Bonchev–Trinajstić information content (AvgIpc) is 2.91. The molecule has 148 valence electrons. The highest BCUT2D eigenvalue weighted by molar-refractivity contribution is 7.89. The van der Waals surface area contributed by atoms with Crippen molar-refractivity contribution in [3.8, 4) is 0 Å². The van der Waals surface area contributed by atoms with E-state index in [0.717, 1.165) is 45.2 Å². The molecule has 1 aromatic rings. The number of hydrogen-bond donors (Lipinski definition) is 2. The molecule has 2 N–H and O–H groups in total. The van der Waals surface area contributed by atoms with Crippen LogP contribution < -0.4 is 10.6 Å². The topological polar surface area (TPSA) is 78.5 Å². The van der Waals surface area contributed by atoms with E-state index in [1.54, 1.807) is 16.4 Å². The smallest absolute Gasteiger partial charge is 0.251 e. The van der Waals surface area contributed by atoms with Crippen molar-refractivity contribution in [2.45, 2.75) is 43.9 Å². The van der Waals surface area contributed by atoms with E-state index in [9.17, 15) is 13.2 Å². The maximum absolute atomic E-state index is 12.7. The first-order valence-electron chi connectivity index (χ1n) is 9.15. The second-order valence-electron chi connectivity index (χ2n) is 6.35. The van der Waals surface area contributed by atoms with Crippen LogP contribution in [0.3, 0.4) is 0 Å². The van der Waals surface area contributed by atoms with Gasteiger partial charge in [0, 0.05) is 31.7 Å². The molecule has 1 aliphatic heterocycles. The standard InChI is InChI=1S/C18H29N3O3S.ClH/c1-2-11-19-12-13-20-18(22)16-7-9-17(10-8-16)25(23,24)21-14-5-3-4-6-15-21;/h7-10,19H,2-6,11-15H2,1H3,(H,20,22);1H. The molecular formula is C18H30ClN3O3S. The van der Waals surface area contributed by atoms with Crippen LogP contribution in [0, 0.1) is 0 Å². The van der Waals surface area contributed by atoms with Crippen LogP contribution in [0.15, 0.2) is 29.2 Å². The van der Waals surface area contributed by atoms with Gasteiger partial charge in [-0.15, -0.1) is 12.4 Å². The largest absolute Gasteiger partial charge is 0.351 e. The fourth-order valence-electron chi connectivity index (χ4n) is 2.88. The maximum Gasteiger partial charge on any atom is 0.251 e. The van der Waals surface area contributed by atoms with Crippen LogP contribution in [0.5, 0.6) is 0 Å². The lowest BCUT2D eigenvalue weighted by Gasteiger charge is -2.20. The van der Waals surface area contributed by atoms with Gasteiger partial charge in [0.1, 0.15) is 0 Å². The predicted molar refractivity (Wildman–Crippen MR) is 106 cm³/mol. The number of halogens is 1. The summed E-state index contributed by atoms with van der Waals surface area (Å²) < 4.78 is 27.0. The number of amides is 1. The number of carbonyl (C=O) groups is 1. The Morgan fingerprint density at radius 3 is 2.19 bits per heavy atom. The molecule has 0 bridgehead atoms. The average molecular weight is 404 g/mol. The lowest BCUT2D eigenvalue weighted by molar-refractivity contribution is 0.0954. The number of carbonyl (C=O) groups excluding carboxylic acids is 1. The fourth-order valence-corrected chi connectivity index (χ4v) is 4.39. The Bertz CT molecular complexity index is 642. The molecule has 0 aliphatic carbocycles. The molecule has 1 saturated heterocycles.